The van der Waals surface area contributed by atoms with Gasteiger partial charge < -0.3 is 4.74 Å². The lowest BCUT2D eigenvalue weighted by Crippen LogP contribution is -2.19. The summed E-state index contributed by atoms with van der Waals surface area (Å²) in [5.74, 6) is -1.40. The summed E-state index contributed by atoms with van der Waals surface area (Å²) in [5.41, 5.74) is 1.57. The number of pyridine rings is 1. The Kier molecular flexibility index (Phi) is 6.79. The molecule has 0 aliphatic heterocycles. The van der Waals surface area contributed by atoms with Crippen LogP contribution in [0.5, 0.6) is 5.75 Å². The van der Waals surface area contributed by atoms with Crippen molar-refractivity contribution in [3.8, 4) is 22.6 Å². The van der Waals surface area contributed by atoms with Crippen molar-refractivity contribution in [1.29, 1.82) is 0 Å². The van der Waals surface area contributed by atoms with Gasteiger partial charge in [-0.15, -0.1) is 0 Å². The number of nitrogens with one attached hydrogen (secondary N) is 1. The van der Waals surface area contributed by atoms with Gasteiger partial charge in [-0.05, 0) is 60.5 Å². The van der Waals surface area contributed by atoms with E-state index in [0.29, 0.717) is 21.5 Å². The molecule has 0 aliphatic carbocycles. The zero-order chi connectivity index (χ0) is 27.9. The minimum Gasteiger partial charge on any atom is -0.495 e. The molecule has 0 aliphatic rings. The van der Waals surface area contributed by atoms with Crippen molar-refractivity contribution in [1.82, 2.24) is 14.5 Å². The molecule has 12 heteroatoms. The molecule has 2 aromatic heterocycles. The first kappa shape index (κ1) is 26.3. The van der Waals surface area contributed by atoms with Gasteiger partial charge in [-0.25, -0.2) is 31.9 Å². The Labute approximate surface area is 226 Å². The summed E-state index contributed by atoms with van der Waals surface area (Å²) in [4.78, 5) is 20.0. The fourth-order valence-corrected chi connectivity index (χ4v) is 5.21. The number of fused-ring (bicyclic) bond motifs is 1. The second-order valence-electron chi connectivity index (χ2n) is 8.53. The summed E-state index contributed by atoms with van der Waals surface area (Å²) < 4.78 is 63.2. The van der Waals surface area contributed by atoms with Gasteiger partial charge in [-0.3, -0.25) is 9.36 Å². The van der Waals surface area contributed by atoms with Crippen molar-refractivity contribution >= 4 is 38.5 Å². The Morgan fingerprint density at radius 1 is 0.974 bits per heavy atom. The number of hydrogen-bond acceptors (Lipinski definition) is 6. The molecule has 198 valence electrons. The van der Waals surface area contributed by atoms with E-state index in [-0.39, 0.29) is 27.8 Å². The molecule has 5 aromatic rings. The second-order valence-corrected chi connectivity index (χ2v) is 10.6. The molecule has 1 N–H and O–H groups in total. The maximum Gasteiger partial charge on any atom is 0.264 e. The number of aromatic nitrogens is 3. The third-order valence-corrected chi connectivity index (χ3v) is 7.75. The van der Waals surface area contributed by atoms with Crippen LogP contribution in [-0.2, 0) is 10.0 Å². The summed E-state index contributed by atoms with van der Waals surface area (Å²) in [5, 5.41) is 0.921. The van der Waals surface area contributed by atoms with Crippen molar-refractivity contribution < 1.29 is 21.9 Å². The summed E-state index contributed by atoms with van der Waals surface area (Å²) in [7, 11) is -2.75. The number of benzene rings is 3. The summed E-state index contributed by atoms with van der Waals surface area (Å²) in [6.07, 6.45) is 1.66. The van der Waals surface area contributed by atoms with Crippen molar-refractivity contribution in [3.05, 3.63) is 106 Å². The van der Waals surface area contributed by atoms with Crippen molar-refractivity contribution in [2.75, 3.05) is 11.8 Å². The number of ether oxygens (including phenoxy) is 1. The van der Waals surface area contributed by atoms with Gasteiger partial charge in [0.05, 0.1) is 35.6 Å². The first-order valence-corrected chi connectivity index (χ1v) is 13.2. The average molecular weight is 569 g/mol. The molecule has 8 nitrogen and oxygen atoms in total. The lowest BCUT2D eigenvalue weighted by Gasteiger charge is -2.17. The number of methoxy groups -OCH3 is 1. The molecule has 0 fully saturated rings. The topological polar surface area (TPSA) is 103 Å². The molecule has 0 saturated heterocycles. The van der Waals surface area contributed by atoms with E-state index in [1.807, 2.05) is 6.92 Å². The van der Waals surface area contributed by atoms with Gasteiger partial charge in [-0.1, -0.05) is 17.7 Å². The molecule has 0 bridgehead atoms. The smallest absolute Gasteiger partial charge is 0.264 e. The van der Waals surface area contributed by atoms with Crippen LogP contribution < -0.4 is 15.0 Å². The molecule has 5 rings (SSSR count). The van der Waals surface area contributed by atoms with E-state index < -0.39 is 27.2 Å². The monoisotopic (exact) mass is 568 g/mol. The van der Waals surface area contributed by atoms with Gasteiger partial charge in [0.1, 0.15) is 11.6 Å². The molecular weight excluding hydrogens is 550 g/mol. The van der Waals surface area contributed by atoms with Crippen LogP contribution in [0, 0.1) is 18.6 Å². The number of anilines is 1. The number of hydrogen-bond donors (Lipinski definition) is 1. The fraction of sp³-hybridized carbons (Fsp3) is 0.0741. The predicted octanol–water partition coefficient (Wildman–Crippen LogP) is 5.50. The van der Waals surface area contributed by atoms with Crippen molar-refractivity contribution in [2.45, 2.75) is 11.8 Å². The maximum absolute atomic E-state index is 15.4. The highest BCUT2D eigenvalue weighted by Crippen LogP contribution is 2.35. The highest BCUT2D eigenvalue weighted by Gasteiger charge is 2.20. The zero-order valence-corrected chi connectivity index (χ0v) is 22.0. The van der Waals surface area contributed by atoms with E-state index in [1.165, 1.54) is 54.1 Å². The molecule has 39 heavy (non-hydrogen) atoms. The number of halogens is 3. The normalized spacial score (nSPS) is 11.5. The fourth-order valence-electron chi connectivity index (χ4n) is 4.10. The van der Waals surface area contributed by atoms with Gasteiger partial charge in [0, 0.05) is 28.1 Å². The van der Waals surface area contributed by atoms with Gasteiger partial charge in [0.15, 0.2) is 5.82 Å². The van der Waals surface area contributed by atoms with Gasteiger partial charge in [-0.2, -0.15) is 0 Å². The highest BCUT2D eigenvalue weighted by atomic mass is 35.5. The Hall–Kier alpha value is -4.35. The van der Waals surface area contributed by atoms with Crippen LogP contribution in [0.15, 0.2) is 82.7 Å². The van der Waals surface area contributed by atoms with Crippen molar-refractivity contribution in [2.24, 2.45) is 0 Å². The number of sulfonamides is 1. The Morgan fingerprint density at radius 2 is 1.72 bits per heavy atom. The molecule has 3 aromatic carbocycles. The maximum atomic E-state index is 15.4. The molecule has 2 heterocycles. The van der Waals surface area contributed by atoms with Crippen LogP contribution in [0.4, 0.5) is 14.7 Å². The Morgan fingerprint density at radius 3 is 2.41 bits per heavy atom. The minimum absolute atomic E-state index is 0.133. The quantitative estimate of drug-likeness (QED) is 0.290. The van der Waals surface area contributed by atoms with Gasteiger partial charge in [0.25, 0.3) is 15.6 Å². The SMILES string of the molecule is COc1cc(-c2ccc(Cl)c(C)c2)c(F)cc1-n1c(=O)ccc2cc(S(=O)(=O)Nc3ncc(F)cn3)ccc21. The standard InChI is InChI=1S/C27H19ClF2N4O4S/c1-15-9-16(3-6-21(15)28)20-11-25(38-2)24(12-22(20)30)34-23-7-5-19(10-17(23)4-8-26(34)35)39(36,37)33-27-31-13-18(29)14-32-27/h3-14H,1-2H3,(H,31,32,33). The van der Waals surface area contributed by atoms with Gasteiger partial charge in [0.2, 0.25) is 5.95 Å². The summed E-state index contributed by atoms with van der Waals surface area (Å²) >= 11 is 6.11. The van der Waals surface area contributed by atoms with Crippen LogP contribution in [-0.4, -0.2) is 30.1 Å². The van der Waals surface area contributed by atoms with E-state index >= 15 is 4.39 Å². The zero-order valence-electron chi connectivity index (χ0n) is 20.4. The lowest BCUT2D eigenvalue weighted by molar-refractivity contribution is 0.412. The number of nitrogens with zero attached hydrogens (tertiary/aromatic N) is 3. The third-order valence-electron chi connectivity index (χ3n) is 6.00. The largest absolute Gasteiger partial charge is 0.495 e. The van der Waals surface area contributed by atoms with E-state index in [2.05, 4.69) is 14.7 Å². The van der Waals surface area contributed by atoms with Crippen LogP contribution in [0.3, 0.4) is 0 Å². The predicted molar refractivity (Wildman–Crippen MR) is 144 cm³/mol. The van der Waals surface area contributed by atoms with Crippen LogP contribution >= 0.6 is 11.6 Å². The summed E-state index contributed by atoms with van der Waals surface area (Å²) in [6.45, 7) is 1.81. The second kappa shape index (κ2) is 10.1. The lowest BCUT2D eigenvalue weighted by atomic mass is 10.0. The number of rotatable bonds is 6. The van der Waals surface area contributed by atoms with Crippen LogP contribution in [0.1, 0.15) is 5.56 Å². The van der Waals surface area contributed by atoms with Crippen LogP contribution in [0.25, 0.3) is 27.7 Å². The Balaban J connectivity index is 1.61. The third kappa shape index (κ3) is 5.06. The Bertz CT molecular complexity index is 1910. The molecular formula is C27H19ClF2N4O4S. The molecule has 0 saturated carbocycles. The molecule has 0 radical (unpaired) electrons. The first-order valence-electron chi connectivity index (χ1n) is 11.4. The first-order chi connectivity index (χ1) is 18.6. The minimum atomic E-state index is -4.15. The van der Waals surface area contributed by atoms with E-state index in [9.17, 15) is 17.6 Å². The number of aryl methyl sites for hydroxylation is 1. The molecule has 0 unspecified atom stereocenters. The molecule has 0 spiro atoms. The molecule has 0 amide bonds. The molecule has 0 atom stereocenters. The van der Waals surface area contributed by atoms with E-state index in [1.54, 1.807) is 18.2 Å². The van der Waals surface area contributed by atoms with Crippen molar-refractivity contribution in [3.63, 3.8) is 0 Å². The highest BCUT2D eigenvalue weighted by molar-refractivity contribution is 7.92. The average Bonchev–Trinajstić information content (AvgIpc) is 2.91. The van der Waals surface area contributed by atoms with Gasteiger partial charge >= 0.3 is 0 Å². The summed E-state index contributed by atoms with van der Waals surface area (Å²) in [6, 6.07) is 14.5. The van der Waals surface area contributed by atoms with Crippen LogP contribution in [0.2, 0.25) is 5.02 Å². The van der Waals surface area contributed by atoms with E-state index in [4.69, 9.17) is 16.3 Å². The van der Waals surface area contributed by atoms with E-state index in [0.717, 1.165) is 18.0 Å².